The lowest BCUT2D eigenvalue weighted by Crippen LogP contribution is -2.38. The van der Waals surface area contributed by atoms with Crippen LogP contribution in [0.1, 0.15) is 5.56 Å². The third kappa shape index (κ3) is 1.77. The third-order valence-electron chi connectivity index (χ3n) is 3.58. The fourth-order valence-corrected chi connectivity index (χ4v) is 2.72. The molecule has 7 nitrogen and oxygen atoms in total. The molecule has 0 saturated carbocycles. The first-order valence-corrected chi connectivity index (χ1v) is 6.63. The van der Waals surface area contributed by atoms with Gasteiger partial charge in [-0.05, 0) is 18.2 Å². The van der Waals surface area contributed by atoms with Crippen molar-refractivity contribution < 1.29 is 4.74 Å². The second kappa shape index (κ2) is 4.78. The van der Waals surface area contributed by atoms with E-state index in [9.17, 15) is 20.6 Å². The van der Waals surface area contributed by atoms with Gasteiger partial charge in [0.05, 0.1) is 17.7 Å². The van der Waals surface area contributed by atoms with Crippen molar-refractivity contribution in [2.75, 3.05) is 0 Å². The number of pyridine rings is 1. The van der Waals surface area contributed by atoms with Gasteiger partial charge in [0.1, 0.15) is 17.2 Å². The van der Waals surface area contributed by atoms with Crippen molar-refractivity contribution in [1.82, 2.24) is 4.98 Å². The standard InChI is InChI=1S/C15H6ClN5O2/c16-7-1-2-8-10(3-7)21-14(22)11-12(8)23-13(20)9(4-17)15(11,5-18)6-19/h1-3H,20H2,(H,21,22). The van der Waals surface area contributed by atoms with E-state index >= 15 is 0 Å². The fourth-order valence-electron chi connectivity index (χ4n) is 2.55. The minimum Gasteiger partial charge on any atom is -0.439 e. The molecule has 3 rings (SSSR count). The van der Waals surface area contributed by atoms with E-state index in [1.165, 1.54) is 6.07 Å². The number of fused-ring (bicyclic) bond motifs is 3. The van der Waals surface area contributed by atoms with Crippen molar-refractivity contribution in [3.63, 3.8) is 0 Å². The van der Waals surface area contributed by atoms with Crippen LogP contribution in [0.3, 0.4) is 0 Å². The van der Waals surface area contributed by atoms with E-state index in [4.69, 9.17) is 22.1 Å². The van der Waals surface area contributed by atoms with Crippen molar-refractivity contribution in [1.29, 1.82) is 15.8 Å². The molecule has 3 N–H and O–H groups in total. The zero-order chi connectivity index (χ0) is 16.8. The number of benzene rings is 1. The van der Waals surface area contributed by atoms with Crippen LogP contribution in [0.4, 0.5) is 0 Å². The Hall–Kier alpha value is -3.47. The number of halogens is 1. The predicted molar refractivity (Wildman–Crippen MR) is 79.9 cm³/mol. The number of nitrogens with two attached hydrogens (primary N) is 1. The van der Waals surface area contributed by atoms with Gasteiger partial charge in [0.2, 0.25) is 11.3 Å². The maximum absolute atomic E-state index is 12.4. The predicted octanol–water partition coefficient (Wildman–Crippen LogP) is 1.55. The Bertz CT molecular complexity index is 1060. The number of nitrogens with one attached hydrogen (secondary N) is 1. The number of ether oxygens (including phenoxy) is 1. The van der Waals surface area contributed by atoms with Crippen molar-refractivity contribution in [2.24, 2.45) is 5.73 Å². The molecule has 0 spiro atoms. The first-order chi connectivity index (χ1) is 11.0. The number of allylic oxidation sites excluding steroid dienone is 1. The van der Waals surface area contributed by atoms with Crippen LogP contribution in [0.15, 0.2) is 34.4 Å². The minimum absolute atomic E-state index is 0.0278. The summed E-state index contributed by atoms with van der Waals surface area (Å²) < 4.78 is 5.40. The Labute approximate surface area is 134 Å². The molecule has 0 aliphatic carbocycles. The molecule has 110 valence electrons. The summed E-state index contributed by atoms with van der Waals surface area (Å²) in [4.78, 5) is 15.0. The van der Waals surface area contributed by atoms with Crippen LogP contribution in [0.25, 0.3) is 10.9 Å². The first-order valence-electron chi connectivity index (χ1n) is 6.25. The normalized spacial score (nSPS) is 15.0. The zero-order valence-corrected chi connectivity index (χ0v) is 12.1. The summed E-state index contributed by atoms with van der Waals surface area (Å²) in [6.45, 7) is 0. The molecule has 0 radical (unpaired) electrons. The van der Waals surface area contributed by atoms with Gasteiger partial charge in [-0.3, -0.25) is 4.79 Å². The van der Waals surface area contributed by atoms with Crippen molar-refractivity contribution >= 4 is 22.5 Å². The Balaban J connectivity index is 2.55. The molecule has 0 unspecified atom stereocenters. The maximum Gasteiger partial charge on any atom is 0.258 e. The van der Waals surface area contributed by atoms with Gasteiger partial charge < -0.3 is 15.5 Å². The summed E-state index contributed by atoms with van der Waals surface area (Å²) in [6.07, 6.45) is 0. The maximum atomic E-state index is 12.4. The van der Waals surface area contributed by atoms with Gasteiger partial charge in [0.25, 0.3) is 5.56 Å². The van der Waals surface area contributed by atoms with Crippen LogP contribution < -0.4 is 16.0 Å². The van der Waals surface area contributed by atoms with Crippen LogP contribution in [-0.4, -0.2) is 4.98 Å². The molecule has 0 fully saturated rings. The number of nitrogens with zero attached hydrogens (tertiary/aromatic N) is 3. The van der Waals surface area contributed by atoms with E-state index in [1.54, 1.807) is 30.3 Å². The van der Waals surface area contributed by atoms with Gasteiger partial charge in [-0.25, -0.2) is 0 Å². The Kier molecular flexibility index (Phi) is 3.00. The molecule has 23 heavy (non-hydrogen) atoms. The van der Waals surface area contributed by atoms with Crippen LogP contribution in [0, 0.1) is 34.0 Å². The van der Waals surface area contributed by atoms with Crippen LogP contribution in [-0.2, 0) is 5.41 Å². The van der Waals surface area contributed by atoms with E-state index in [2.05, 4.69) is 4.98 Å². The fraction of sp³-hybridized carbons (Fsp3) is 0.0667. The van der Waals surface area contributed by atoms with Crippen LogP contribution in [0.5, 0.6) is 5.75 Å². The number of H-pyrrole nitrogens is 1. The highest BCUT2D eigenvalue weighted by Gasteiger charge is 2.48. The molecule has 1 aliphatic heterocycles. The number of nitriles is 3. The van der Waals surface area contributed by atoms with Gasteiger partial charge in [0.15, 0.2) is 5.75 Å². The summed E-state index contributed by atoms with van der Waals surface area (Å²) in [5.41, 5.74) is 2.53. The Morgan fingerprint density at radius 3 is 2.57 bits per heavy atom. The van der Waals surface area contributed by atoms with Crippen molar-refractivity contribution in [3.05, 3.63) is 50.6 Å². The summed E-state index contributed by atoms with van der Waals surface area (Å²) >= 11 is 5.89. The molecule has 1 aromatic carbocycles. The number of rotatable bonds is 0. The quantitative estimate of drug-likeness (QED) is 0.753. The van der Waals surface area contributed by atoms with Crippen molar-refractivity contribution in [2.45, 2.75) is 5.41 Å². The Morgan fingerprint density at radius 1 is 1.26 bits per heavy atom. The van der Waals surface area contributed by atoms with Gasteiger partial charge in [0, 0.05) is 10.4 Å². The second-order valence-corrected chi connectivity index (χ2v) is 5.21. The third-order valence-corrected chi connectivity index (χ3v) is 3.82. The molecule has 0 atom stereocenters. The largest absolute Gasteiger partial charge is 0.439 e. The average Bonchev–Trinajstić information content (AvgIpc) is 2.53. The van der Waals surface area contributed by atoms with Gasteiger partial charge in [-0.2, -0.15) is 15.8 Å². The Morgan fingerprint density at radius 2 is 1.96 bits per heavy atom. The molecule has 0 amide bonds. The topological polar surface area (TPSA) is 139 Å². The SMILES string of the molecule is N#CC1=C(N)Oc2c(c(=O)[nH]c3cc(Cl)ccc23)C1(C#N)C#N. The number of aromatic nitrogens is 1. The molecule has 1 aliphatic rings. The minimum atomic E-state index is -2.13. The van der Waals surface area contributed by atoms with E-state index in [0.717, 1.165) is 0 Å². The zero-order valence-electron chi connectivity index (χ0n) is 11.3. The number of aromatic amines is 1. The molecule has 0 bridgehead atoms. The van der Waals surface area contributed by atoms with Gasteiger partial charge in [-0.1, -0.05) is 11.6 Å². The highest BCUT2D eigenvalue weighted by molar-refractivity contribution is 6.31. The number of hydrogen-bond donors (Lipinski definition) is 2. The average molecular weight is 324 g/mol. The first kappa shape index (κ1) is 14.5. The van der Waals surface area contributed by atoms with E-state index in [1.807, 2.05) is 0 Å². The molecule has 2 aromatic rings. The molecule has 1 aromatic heterocycles. The van der Waals surface area contributed by atoms with Crippen LogP contribution in [0.2, 0.25) is 5.02 Å². The van der Waals surface area contributed by atoms with Gasteiger partial charge in [-0.15, -0.1) is 0 Å². The molecule has 0 saturated heterocycles. The lowest BCUT2D eigenvalue weighted by atomic mass is 9.75. The van der Waals surface area contributed by atoms with E-state index in [0.29, 0.717) is 15.9 Å². The summed E-state index contributed by atoms with van der Waals surface area (Å²) in [5, 5.41) is 29.0. The molecule has 2 heterocycles. The van der Waals surface area contributed by atoms with Crippen molar-refractivity contribution in [3.8, 4) is 24.0 Å². The van der Waals surface area contributed by atoms with E-state index < -0.39 is 16.5 Å². The van der Waals surface area contributed by atoms with Gasteiger partial charge >= 0.3 is 0 Å². The summed E-state index contributed by atoms with van der Waals surface area (Å²) in [5.74, 6) is -0.412. The smallest absolute Gasteiger partial charge is 0.258 e. The monoisotopic (exact) mass is 323 g/mol. The lowest BCUT2D eigenvalue weighted by Gasteiger charge is -2.27. The summed E-state index contributed by atoms with van der Waals surface area (Å²) in [7, 11) is 0. The number of hydrogen-bond acceptors (Lipinski definition) is 6. The lowest BCUT2D eigenvalue weighted by molar-refractivity contribution is 0.389. The highest BCUT2D eigenvalue weighted by Crippen LogP contribution is 2.43. The molecule has 8 heteroatoms. The molecular weight excluding hydrogens is 318 g/mol. The summed E-state index contributed by atoms with van der Waals surface area (Å²) in [6, 6.07) is 9.76. The van der Waals surface area contributed by atoms with E-state index in [-0.39, 0.29) is 17.2 Å². The molecular formula is C15H6ClN5O2. The second-order valence-electron chi connectivity index (χ2n) is 4.77. The highest BCUT2D eigenvalue weighted by atomic mass is 35.5. The van der Waals surface area contributed by atoms with Crippen LogP contribution >= 0.6 is 11.6 Å².